The van der Waals surface area contributed by atoms with Crippen LogP contribution in [0.4, 0.5) is 0 Å². The first-order valence-corrected chi connectivity index (χ1v) is 7.75. The van der Waals surface area contributed by atoms with Gasteiger partial charge in [0, 0.05) is 13.1 Å². The Balaban J connectivity index is 2.85. The Morgan fingerprint density at radius 2 is 2.00 bits per heavy atom. The van der Waals surface area contributed by atoms with E-state index in [0.717, 1.165) is 0 Å². The summed E-state index contributed by atoms with van der Waals surface area (Å²) in [6.45, 7) is 4.73. The fourth-order valence-electron chi connectivity index (χ4n) is 2.06. The Morgan fingerprint density at radius 1 is 1.42 bits per heavy atom. The fourth-order valence-corrected chi connectivity index (χ4v) is 3.57. The third kappa shape index (κ3) is 4.13. The van der Waals surface area contributed by atoms with E-state index in [9.17, 15) is 13.2 Å². The summed E-state index contributed by atoms with van der Waals surface area (Å²) in [5.41, 5.74) is -1.24. The molecule has 0 spiro atoms. The van der Waals surface area contributed by atoms with Crippen LogP contribution in [0.2, 0.25) is 0 Å². The Bertz CT molecular complexity index is 405. The van der Waals surface area contributed by atoms with Crippen LogP contribution >= 0.6 is 0 Å². The maximum absolute atomic E-state index is 12.2. The molecule has 0 aromatic heterocycles. The molecule has 1 unspecified atom stereocenters. The molecule has 1 saturated heterocycles. The van der Waals surface area contributed by atoms with Crippen LogP contribution in [-0.4, -0.2) is 57.6 Å². The van der Waals surface area contributed by atoms with Crippen LogP contribution < -0.4 is 4.72 Å². The smallest absolute Gasteiger partial charge is 0.326 e. The molecule has 0 aliphatic carbocycles. The third-order valence-corrected chi connectivity index (χ3v) is 4.80. The number of carbonyl (C=O) groups is 1. The molecule has 0 aromatic rings. The maximum atomic E-state index is 12.2. The van der Waals surface area contributed by atoms with E-state index in [1.807, 2.05) is 6.92 Å². The molecule has 0 radical (unpaired) electrons. The normalized spacial score (nSPS) is 20.8. The molecular weight excluding hydrogens is 272 g/mol. The molecule has 0 bridgehead atoms. The number of morpholine rings is 1. The lowest BCUT2D eigenvalue weighted by Gasteiger charge is -2.32. The molecule has 1 rings (SSSR count). The van der Waals surface area contributed by atoms with Crippen LogP contribution in [0.5, 0.6) is 0 Å². The molecule has 1 aliphatic rings. The highest BCUT2D eigenvalue weighted by atomic mass is 32.2. The fraction of sp³-hybridized carbons (Fsp3) is 0.909. The Labute approximate surface area is 114 Å². The van der Waals surface area contributed by atoms with Gasteiger partial charge in [-0.2, -0.15) is 17.4 Å². The van der Waals surface area contributed by atoms with Gasteiger partial charge in [-0.3, -0.25) is 4.79 Å². The number of nitrogens with one attached hydrogen (secondary N) is 1. The van der Waals surface area contributed by atoms with Gasteiger partial charge >= 0.3 is 5.97 Å². The van der Waals surface area contributed by atoms with E-state index in [4.69, 9.17) is 9.47 Å². The summed E-state index contributed by atoms with van der Waals surface area (Å²) in [6.07, 6.45) is 1.04. The third-order valence-electron chi connectivity index (χ3n) is 3.05. The summed E-state index contributed by atoms with van der Waals surface area (Å²) in [7, 11) is -2.47. The number of carbonyl (C=O) groups excluding carboxylic acids is 1. The molecule has 8 heteroatoms. The van der Waals surface area contributed by atoms with E-state index < -0.39 is 21.7 Å². The summed E-state index contributed by atoms with van der Waals surface area (Å²) in [5, 5.41) is 0. The van der Waals surface area contributed by atoms with Crippen molar-refractivity contribution in [3.05, 3.63) is 0 Å². The maximum Gasteiger partial charge on any atom is 0.326 e. The van der Waals surface area contributed by atoms with E-state index in [1.165, 1.54) is 11.4 Å². The highest BCUT2D eigenvalue weighted by molar-refractivity contribution is 7.87. The zero-order valence-electron chi connectivity index (χ0n) is 11.6. The molecule has 0 aromatic carbocycles. The molecule has 0 amide bonds. The van der Waals surface area contributed by atoms with Crippen molar-refractivity contribution in [1.82, 2.24) is 9.03 Å². The Hall–Kier alpha value is -0.700. The second kappa shape index (κ2) is 6.65. The molecule has 19 heavy (non-hydrogen) atoms. The van der Waals surface area contributed by atoms with Gasteiger partial charge in [0.1, 0.15) is 5.54 Å². The summed E-state index contributed by atoms with van der Waals surface area (Å²) in [5.74, 6) is -0.578. The molecule has 1 aliphatic heterocycles. The van der Waals surface area contributed by atoms with Crippen molar-refractivity contribution in [3.63, 3.8) is 0 Å². The van der Waals surface area contributed by atoms with Crippen LogP contribution in [0.25, 0.3) is 0 Å². The predicted molar refractivity (Wildman–Crippen MR) is 69.8 cm³/mol. The number of methoxy groups -OCH3 is 1. The number of rotatable bonds is 6. The minimum atomic E-state index is -3.72. The zero-order chi connectivity index (χ0) is 14.5. The van der Waals surface area contributed by atoms with E-state index in [-0.39, 0.29) is 0 Å². The van der Waals surface area contributed by atoms with Crippen molar-refractivity contribution in [3.8, 4) is 0 Å². The van der Waals surface area contributed by atoms with Gasteiger partial charge in [0.25, 0.3) is 10.2 Å². The molecule has 112 valence electrons. The quantitative estimate of drug-likeness (QED) is 0.691. The highest BCUT2D eigenvalue weighted by Crippen LogP contribution is 2.17. The standard InChI is InChI=1S/C11H22N2O5S/c1-4-5-11(2,10(14)17-3)12-19(15,16)13-6-8-18-9-7-13/h12H,4-9H2,1-3H3. The summed E-state index contributed by atoms with van der Waals surface area (Å²) in [6, 6.07) is 0. The SMILES string of the molecule is CCCC(C)(NS(=O)(=O)N1CCOCC1)C(=O)OC. The largest absolute Gasteiger partial charge is 0.468 e. The summed E-state index contributed by atoms with van der Waals surface area (Å²) >= 11 is 0. The summed E-state index contributed by atoms with van der Waals surface area (Å²) in [4.78, 5) is 11.8. The lowest BCUT2D eigenvalue weighted by Crippen LogP contribution is -2.58. The van der Waals surface area contributed by atoms with Crippen LogP contribution in [0.15, 0.2) is 0 Å². The number of ether oxygens (including phenoxy) is 2. The van der Waals surface area contributed by atoms with Crippen molar-refractivity contribution in [1.29, 1.82) is 0 Å². The van der Waals surface area contributed by atoms with Gasteiger partial charge < -0.3 is 9.47 Å². The average Bonchev–Trinajstić information content (AvgIpc) is 2.38. The second-order valence-electron chi connectivity index (χ2n) is 4.69. The van der Waals surface area contributed by atoms with E-state index in [1.54, 1.807) is 6.92 Å². The van der Waals surface area contributed by atoms with Crippen molar-refractivity contribution < 1.29 is 22.7 Å². The van der Waals surface area contributed by atoms with Gasteiger partial charge in [-0.25, -0.2) is 0 Å². The second-order valence-corrected chi connectivity index (χ2v) is 6.36. The van der Waals surface area contributed by atoms with Crippen LogP contribution in [0.1, 0.15) is 26.7 Å². The first-order valence-electron chi connectivity index (χ1n) is 6.31. The van der Waals surface area contributed by atoms with E-state index in [0.29, 0.717) is 39.1 Å². The van der Waals surface area contributed by atoms with Gasteiger partial charge in [-0.15, -0.1) is 0 Å². The lowest BCUT2D eigenvalue weighted by atomic mass is 9.98. The molecular formula is C11H22N2O5S. The first kappa shape index (κ1) is 16.4. The van der Waals surface area contributed by atoms with Crippen molar-refractivity contribution in [2.45, 2.75) is 32.2 Å². The topological polar surface area (TPSA) is 84.9 Å². The minimum Gasteiger partial charge on any atom is -0.468 e. The number of hydrogen-bond donors (Lipinski definition) is 1. The molecule has 1 heterocycles. The average molecular weight is 294 g/mol. The molecule has 1 atom stereocenters. The van der Waals surface area contributed by atoms with Crippen LogP contribution in [-0.2, 0) is 24.5 Å². The van der Waals surface area contributed by atoms with Gasteiger partial charge in [0.15, 0.2) is 0 Å². The monoisotopic (exact) mass is 294 g/mol. The summed E-state index contributed by atoms with van der Waals surface area (Å²) < 4.78 is 38.0. The van der Waals surface area contributed by atoms with Gasteiger partial charge in [0.2, 0.25) is 0 Å². The van der Waals surface area contributed by atoms with Gasteiger partial charge in [-0.1, -0.05) is 13.3 Å². The van der Waals surface area contributed by atoms with Crippen molar-refractivity contribution in [2.24, 2.45) is 0 Å². The Morgan fingerprint density at radius 3 is 2.47 bits per heavy atom. The van der Waals surface area contributed by atoms with Crippen LogP contribution in [0, 0.1) is 0 Å². The Kier molecular flexibility index (Phi) is 5.72. The van der Waals surface area contributed by atoms with E-state index in [2.05, 4.69) is 4.72 Å². The van der Waals surface area contributed by atoms with Crippen LogP contribution in [0.3, 0.4) is 0 Å². The number of nitrogens with zero attached hydrogens (tertiary/aromatic N) is 1. The lowest BCUT2D eigenvalue weighted by molar-refractivity contribution is -0.147. The predicted octanol–water partition coefficient (Wildman–Crippen LogP) is -0.115. The van der Waals surface area contributed by atoms with Gasteiger partial charge in [0.05, 0.1) is 20.3 Å². The highest BCUT2D eigenvalue weighted by Gasteiger charge is 2.39. The van der Waals surface area contributed by atoms with Crippen molar-refractivity contribution in [2.75, 3.05) is 33.4 Å². The molecule has 1 fully saturated rings. The first-order chi connectivity index (χ1) is 8.85. The molecule has 0 saturated carbocycles. The van der Waals surface area contributed by atoms with E-state index >= 15 is 0 Å². The minimum absolute atomic E-state index is 0.290. The number of hydrogen-bond acceptors (Lipinski definition) is 5. The van der Waals surface area contributed by atoms with Gasteiger partial charge in [-0.05, 0) is 13.3 Å². The molecule has 7 nitrogen and oxygen atoms in total. The zero-order valence-corrected chi connectivity index (χ0v) is 12.5. The molecule has 1 N–H and O–H groups in total. The number of esters is 1. The van der Waals surface area contributed by atoms with Crippen molar-refractivity contribution >= 4 is 16.2 Å².